The third-order valence-corrected chi connectivity index (χ3v) is 3.82. The number of nitrogens with one attached hydrogen (secondary N) is 2. The average molecular weight is 275 g/mol. The van der Waals surface area contributed by atoms with Gasteiger partial charge in [0.15, 0.2) is 0 Å². The Kier molecular flexibility index (Phi) is 4.61. The standard InChI is InChI=1S/C14H21N5O/c1-10-13(11(2)18-17-10)5-6-16-14(20)19-7-3-4-12(8-15)9-19/h12H,3-7,9H2,1-2H3,(H,16,20)(H,17,18)/t12-/m0/s1. The molecule has 2 heterocycles. The number of piperidine rings is 1. The van der Waals surface area contributed by atoms with Gasteiger partial charge < -0.3 is 10.2 Å². The van der Waals surface area contributed by atoms with E-state index in [1.807, 2.05) is 13.8 Å². The molecule has 0 aromatic carbocycles. The van der Waals surface area contributed by atoms with Gasteiger partial charge in [-0.05, 0) is 38.7 Å². The molecule has 0 aliphatic carbocycles. The molecule has 0 unspecified atom stereocenters. The number of aryl methyl sites for hydroxylation is 2. The molecule has 2 amide bonds. The van der Waals surface area contributed by atoms with Gasteiger partial charge in [0.25, 0.3) is 0 Å². The fourth-order valence-corrected chi connectivity index (χ4v) is 2.62. The summed E-state index contributed by atoms with van der Waals surface area (Å²) >= 11 is 0. The molecular formula is C14H21N5O. The number of nitrogens with zero attached hydrogens (tertiary/aromatic N) is 3. The number of nitriles is 1. The SMILES string of the molecule is Cc1n[nH]c(C)c1CCNC(=O)N1CCC[C@@H](C#N)C1. The monoisotopic (exact) mass is 275 g/mol. The van der Waals surface area contributed by atoms with Gasteiger partial charge in [0, 0.05) is 25.3 Å². The van der Waals surface area contributed by atoms with E-state index in [1.54, 1.807) is 4.90 Å². The number of aromatic nitrogens is 2. The molecule has 1 atom stereocenters. The highest BCUT2D eigenvalue weighted by molar-refractivity contribution is 5.74. The fraction of sp³-hybridized carbons (Fsp3) is 0.643. The number of likely N-dealkylation sites (tertiary alicyclic amines) is 1. The van der Waals surface area contributed by atoms with E-state index >= 15 is 0 Å². The summed E-state index contributed by atoms with van der Waals surface area (Å²) < 4.78 is 0. The van der Waals surface area contributed by atoms with Crippen molar-refractivity contribution < 1.29 is 4.79 Å². The van der Waals surface area contributed by atoms with Crippen molar-refractivity contribution in [3.8, 4) is 6.07 Å². The second-order valence-corrected chi connectivity index (χ2v) is 5.31. The molecule has 0 radical (unpaired) electrons. The van der Waals surface area contributed by atoms with E-state index in [2.05, 4.69) is 21.6 Å². The highest BCUT2D eigenvalue weighted by atomic mass is 16.2. The molecule has 6 nitrogen and oxygen atoms in total. The summed E-state index contributed by atoms with van der Waals surface area (Å²) in [7, 11) is 0. The van der Waals surface area contributed by atoms with Gasteiger partial charge >= 0.3 is 6.03 Å². The Bertz CT molecular complexity index is 497. The number of carbonyl (C=O) groups is 1. The van der Waals surface area contributed by atoms with Crippen molar-refractivity contribution in [1.82, 2.24) is 20.4 Å². The zero-order valence-electron chi connectivity index (χ0n) is 12.1. The second kappa shape index (κ2) is 6.42. The molecule has 1 aromatic rings. The summed E-state index contributed by atoms with van der Waals surface area (Å²) in [5.74, 6) is -0.0205. The molecule has 1 aromatic heterocycles. The van der Waals surface area contributed by atoms with Crippen molar-refractivity contribution >= 4 is 6.03 Å². The van der Waals surface area contributed by atoms with E-state index in [1.165, 1.54) is 5.56 Å². The maximum atomic E-state index is 12.0. The molecule has 1 fully saturated rings. The molecule has 6 heteroatoms. The Balaban J connectivity index is 1.79. The van der Waals surface area contributed by atoms with Crippen LogP contribution in [0, 0.1) is 31.1 Å². The van der Waals surface area contributed by atoms with Crippen molar-refractivity contribution in [3.63, 3.8) is 0 Å². The summed E-state index contributed by atoms with van der Waals surface area (Å²) in [6.07, 6.45) is 2.58. The quantitative estimate of drug-likeness (QED) is 0.877. The summed E-state index contributed by atoms with van der Waals surface area (Å²) in [4.78, 5) is 13.8. The number of H-pyrrole nitrogens is 1. The number of rotatable bonds is 3. The number of hydrogen-bond acceptors (Lipinski definition) is 3. The smallest absolute Gasteiger partial charge is 0.317 e. The minimum Gasteiger partial charge on any atom is -0.338 e. The first-order chi connectivity index (χ1) is 9.61. The van der Waals surface area contributed by atoms with Crippen LogP contribution in [-0.2, 0) is 6.42 Å². The van der Waals surface area contributed by atoms with E-state index in [-0.39, 0.29) is 11.9 Å². The van der Waals surface area contributed by atoms with E-state index in [4.69, 9.17) is 5.26 Å². The van der Waals surface area contributed by atoms with Crippen molar-refractivity contribution in [3.05, 3.63) is 17.0 Å². The molecule has 1 aliphatic heterocycles. The van der Waals surface area contributed by atoms with Crippen LogP contribution >= 0.6 is 0 Å². The lowest BCUT2D eigenvalue weighted by molar-refractivity contribution is 0.176. The van der Waals surface area contributed by atoms with Gasteiger partial charge in [0.2, 0.25) is 0 Å². The predicted octanol–water partition coefficient (Wildman–Crippen LogP) is 1.51. The molecule has 20 heavy (non-hydrogen) atoms. The van der Waals surface area contributed by atoms with Crippen LogP contribution in [-0.4, -0.2) is 40.8 Å². The normalized spacial score (nSPS) is 18.6. The minimum absolute atomic E-state index is 0.0205. The fourth-order valence-electron chi connectivity index (χ4n) is 2.62. The maximum absolute atomic E-state index is 12.0. The average Bonchev–Trinajstić information content (AvgIpc) is 2.79. The van der Waals surface area contributed by atoms with Crippen molar-refractivity contribution in [2.45, 2.75) is 33.1 Å². The predicted molar refractivity (Wildman–Crippen MR) is 75.1 cm³/mol. The van der Waals surface area contributed by atoms with Crippen molar-refractivity contribution in [2.24, 2.45) is 5.92 Å². The van der Waals surface area contributed by atoms with Gasteiger partial charge in [-0.1, -0.05) is 0 Å². The zero-order valence-corrected chi connectivity index (χ0v) is 12.1. The third-order valence-electron chi connectivity index (χ3n) is 3.82. The van der Waals surface area contributed by atoms with Gasteiger partial charge in [0.05, 0.1) is 17.7 Å². The lowest BCUT2D eigenvalue weighted by Crippen LogP contribution is -2.45. The van der Waals surface area contributed by atoms with E-state index in [9.17, 15) is 4.79 Å². The summed E-state index contributed by atoms with van der Waals surface area (Å²) in [5, 5.41) is 18.9. The van der Waals surface area contributed by atoms with Crippen molar-refractivity contribution in [2.75, 3.05) is 19.6 Å². The second-order valence-electron chi connectivity index (χ2n) is 5.31. The molecule has 108 valence electrons. The molecule has 0 spiro atoms. The number of urea groups is 1. The van der Waals surface area contributed by atoms with Crippen LogP contribution in [0.1, 0.15) is 29.8 Å². The highest BCUT2D eigenvalue weighted by Crippen LogP contribution is 2.15. The first-order valence-electron chi connectivity index (χ1n) is 7.04. The molecule has 0 bridgehead atoms. The molecule has 0 saturated carbocycles. The Morgan fingerprint density at radius 3 is 3.05 bits per heavy atom. The molecular weight excluding hydrogens is 254 g/mol. The van der Waals surface area contributed by atoms with Crippen LogP contribution in [0.3, 0.4) is 0 Å². The minimum atomic E-state index is -0.0660. The van der Waals surface area contributed by atoms with Gasteiger partial charge in [-0.15, -0.1) is 0 Å². The summed E-state index contributed by atoms with van der Waals surface area (Å²) in [5.41, 5.74) is 3.21. The molecule has 1 saturated heterocycles. The van der Waals surface area contributed by atoms with E-state index in [0.717, 1.165) is 37.2 Å². The number of amides is 2. The van der Waals surface area contributed by atoms with Gasteiger partial charge in [-0.25, -0.2) is 4.79 Å². The van der Waals surface area contributed by atoms with Crippen LogP contribution in [0.5, 0.6) is 0 Å². The molecule has 2 rings (SSSR count). The lowest BCUT2D eigenvalue weighted by atomic mass is 10.0. The Hall–Kier alpha value is -2.03. The number of carbonyl (C=O) groups excluding carboxylic acids is 1. The number of aromatic amines is 1. The van der Waals surface area contributed by atoms with Crippen LogP contribution in [0.4, 0.5) is 4.79 Å². The zero-order chi connectivity index (χ0) is 14.5. The van der Waals surface area contributed by atoms with Crippen LogP contribution < -0.4 is 5.32 Å². The van der Waals surface area contributed by atoms with Crippen LogP contribution in [0.2, 0.25) is 0 Å². The van der Waals surface area contributed by atoms with E-state index < -0.39 is 0 Å². The topological polar surface area (TPSA) is 84.8 Å². The maximum Gasteiger partial charge on any atom is 0.317 e. The first kappa shape index (κ1) is 14.4. The molecule has 2 N–H and O–H groups in total. The lowest BCUT2D eigenvalue weighted by Gasteiger charge is -2.29. The van der Waals surface area contributed by atoms with Crippen LogP contribution in [0.15, 0.2) is 0 Å². The Labute approximate surface area is 119 Å². The third kappa shape index (κ3) is 3.29. The Morgan fingerprint density at radius 1 is 1.60 bits per heavy atom. The highest BCUT2D eigenvalue weighted by Gasteiger charge is 2.23. The van der Waals surface area contributed by atoms with Crippen molar-refractivity contribution in [1.29, 1.82) is 5.26 Å². The van der Waals surface area contributed by atoms with Gasteiger partial charge in [-0.2, -0.15) is 10.4 Å². The summed E-state index contributed by atoms with van der Waals surface area (Å²) in [6, 6.07) is 2.18. The Morgan fingerprint density at radius 2 is 2.40 bits per heavy atom. The van der Waals surface area contributed by atoms with Gasteiger partial charge in [-0.3, -0.25) is 5.10 Å². The number of hydrogen-bond donors (Lipinski definition) is 2. The first-order valence-corrected chi connectivity index (χ1v) is 7.04. The van der Waals surface area contributed by atoms with E-state index in [0.29, 0.717) is 13.1 Å². The molecule has 1 aliphatic rings. The van der Waals surface area contributed by atoms with Gasteiger partial charge in [0.1, 0.15) is 0 Å². The van der Waals surface area contributed by atoms with Crippen LogP contribution in [0.25, 0.3) is 0 Å². The summed E-state index contributed by atoms with van der Waals surface area (Å²) in [6.45, 7) is 5.83. The largest absolute Gasteiger partial charge is 0.338 e.